The van der Waals surface area contributed by atoms with Crippen molar-refractivity contribution in [1.82, 2.24) is 0 Å². The fraction of sp³-hybridized carbons (Fsp3) is 0. The van der Waals surface area contributed by atoms with E-state index in [4.69, 9.17) is 0 Å². The van der Waals surface area contributed by atoms with Gasteiger partial charge >= 0.3 is 0 Å². The molecule has 0 aliphatic carbocycles. The second-order valence-corrected chi connectivity index (χ2v) is 8.43. The van der Waals surface area contributed by atoms with Crippen LogP contribution in [0.3, 0.4) is 0 Å². The molecule has 5 aromatic carbocycles. The summed E-state index contributed by atoms with van der Waals surface area (Å²) in [6.45, 7) is 0. The number of hydrogen-bond donors (Lipinski definition) is 2. The number of benzene rings is 5. The van der Waals surface area contributed by atoms with Crippen molar-refractivity contribution >= 4 is 34.9 Å². The normalized spacial score (nSPS) is 11.6. The molecule has 162 valence electrons. The molecule has 0 saturated carbocycles. The molecule has 1 aliphatic rings. The molecule has 0 spiro atoms. The number of nitrogens with one attached hydrogen (secondary N) is 2. The van der Waals surface area contributed by atoms with Gasteiger partial charge in [0.2, 0.25) is 0 Å². The third-order valence-corrected chi connectivity index (χ3v) is 6.23. The van der Waals surface area contributed by atoms with E-state index < -0.39 is 0 Å². The Morgan fingerprint density at radius 2 is 1.12 bits per heavy atom. The molecular formula is C32H24N2. The quantitative estimate of drug-likeness (QED) is 0.288. The van der Waals surface area contributed by atoms with Crippen LogP contribution in [0.5, 0.6) is 0 Å². The summed E-state index contributed by atoms with van der Waals surface area (Å²) in [5, 5.41) is 7.19. The largest absolute Gasteiger partial charge is 0.355 e. The molecule has 1 aliphatic heterocycles. The molecule has 34 heavy (non-hydrogen) atoms. The van der Waals surface area contributed by atoms with E-state index in [9.17, 15) is 0 Å². The van der Waals surface area contributed by atoms with Crippen LogP contribution >= 0.6 is 0 Å². The lowest BCUT2D eigenvalue weighted by Gasteiger charge is -2.17. The van der Waals surface area contributed by atoms with Crippen LogP contribution in [0.25, 0.3) is 34.4 Å². The molecule has 2 heteroatoms. The van der Waals surface area contributed by atoms with Crippen molar-refractivity contribution in [3.63, 3.8) is 0 Å². The summed E-state index contributed by atoms with van der Waals surface area (Å²) in [6.07, 6.45) is 4.38. The Balaban J connectivity index is 1.42. The van der Waals surface area contributed by atoms with Crippen LogP contribution in [0.4, 0.5) is 22.7 Å². The molecule has 6 rings (SSSR count). The lowest BCUT2D eigenvalue weighted by molar-refractivity contribution is 1.51. The summed E-state index contributed by atoms with van der Waals surface area (Å²) in [5.41, 5.74) is 11.6. The number of para-hydroxylation sites is 3. The van der Waals surface area contributed by atoms with Gasteiger partial charge in [0.15, 0.2) is 0 Å². The zero-order valence-electron chi connectivity index (χ0n) is 18.7. The molecule has 1 heterocycles. The van der Waals surface area contributed by atoms with Gasteiger partial charge in [-0.1, -0.05) is 97.1 Å². The number of fused-ring (bicyclic) bond motifs is 2. The maximum absolute atomic E-state index is 3.60. The van der Waals surface area contributed by atoms with E-state index in [0.29, 0.717) is 0 Å². The Hall–Kier alpha value is -4.56. The highest BCUT2D eigenvalue weighted by Gasteiger charge is 2.14. The zero-order chi connectivity index (χ0) is 22.7. The summed E-state index contributed by atoms with van der Waals surface area (Å²) < 4.78 is 0. The van der Waals surface area contributed by atoms with Crippen LogP contribution in [-0.4, -0.2) is 0 Å². The van der Waals surface area contributed by atoms with Crippen molar-refractivity contribution in [2.75, 3.05) is 10.6 Å². The highest BCUT2D eigenvalue weighted by atomic mass is 14.9. The third-order valence-electron chi connectivity index (χ3n) is 6.23. The Kier molecular flexibility index (Phi) is 5.17. The highest BCUT2D eigenvalue weighted by molar-refractivity contribution is 5.93. The van der Waals surface area contributed by atoms with Crippen molar-refractivity contribution in [1.29, 1.82) is 0 Å². The van der Waals surface area contributed by atoms with Crippen LogP contribution in [0, 0.1) is 0 Å². The fourth-order valence-corrected chi connectivity index (χ4v) is 4.54. The van der Waals surface area contributed by atoms with E-state index in [2.05, 4.69) is 138 Å². The van der Waals surface area contributed by atoms with Gasteiger partial charge in [-0.3, -0.25) is 0 Å². The molecule has 2 N–H and O–H groups in total. The SMILES string of the molecule is C1=Cc2cc(-c3ccccc3-c3ccccc3Nc3ccccc3)ccc2Nc2ccccc21. The minimum Gasteiger partial charge on any atom is -0.355 e. The maximum atomic E-state index is 3.60. The molecule has 0 unspecified atom stereocenters. The van der Waals surface area contributed by atoms with Gasteiger partial charge < -0.3 is 10.6 Å². The van der Waals surface area contributed by atoms with Gasteiger partial charge in [0, 0.05) is 28.3 Å². The Labute approximate surface area is 200 Å². The standard InChI is InChI=1S/C32H24N2/c1-2-11-26(12-3-1)33-32-17-9-7-15-29(32)28-14-6-5-13-27(28)24-20-21-31-25(22-24)19-18-23-10-4-8-16-30(23)34-31/h1-22,33-34H. The predicted molar refractivity (Wildman–Crippen MR) is 146 cm³/mol. The van der Waals surface area contributed by atoms with Gasteiger partial charge in [-0.25, -0.2) is 0 Å². The highest BCUT2D eigenvalue weighted by Crippen LogP contribution is 2.39. The molecule has 0 bridgehead atoms. The Morgan fingerprint density at radius 1 is 0.471 bits per heavy atom. The van der Waals surface area contributed by atoms with Crippen molar-refractivity contribution in [2.45, 2.75) is 0 Å². The molecule has 0 saturated heterocycles. The lowest BCUT2D eigenvalue weighted by Crippen LogP contribution is -1.95. The predicted octanol–water partition coefficient (Wildman–Crippen LogP) is 8.99. The molecule has 0 atom stereocenters. The number of rotatable bonds is 4. The van der Waals surface area contributed by atoms with Gasteiger partial charge in [-0.05, 0) is 64.2 Å². The first-order valence-electron chi connectivity index (χ1n) is 11.5. The lowest BCUT2D eigenvalue weighted by atomic mass is 9.92. The summed E-state index contributed by atoms with van der Waals surface area (Å²) in [6, 6.07) is 42.5. The molecular weight excluding hydrogens is 412 g/mol. The van der Waals surface area contributed by atoms with Crippen LogP contribution < -0.4 is 10.6 Å². The van der Waals surface area contributed by atoms with E-state index in [0.717, 1.165) is 22.7 Å². The van der Waals surface area contributed by atoms with E-state index in [1.165, 1.54) is 33.4 Å². The molecule has 5 aromatic rings. The monoisotopic (exact) mass is 436 g/mol. The van der Waals surface area contributed by atoms with Crippen molar-refractivity contribution in [2.24, 2.45) is 0 Å². The summed E-state index contributed by atoms with van der Waals surface area (Å²) in [4.78, 5) is 0. The van der Waals surface area contributed by atoms with Crippen molar-refractivity contribution < 1.29 is 0 Å². The molecule has 0 fully saturated rings. The first-order valence-corrected chi connectivity index (χ1v) is 11.5. The number of anilines is 4. The second-order valence-electron chi connectivity index (χ2n) is 8.43. The van der Waals surface area contributed by atoms with Crippen LogP contribution in [0.15, 0.2) is 121 Å². The third kappa shape index (κ3) is 3.87. The van der Waals surface area contributed by atoms with Crippen molar-refractivity contribution in [3.05, 3.63) is 132 Å². The fourth-order valence-electron chi connectivity index (χ4n) is 4.54. The Morgan fingerprint density at radius 3 is 2.00 bits per heavy atom. The van der Waals surface area contributed by atoms with Gasteiger partial charge in [0.1, 0.15) is 0 Å². The van der Waals surface area contributed by atoms with E-state index in [-0.39, 0.29) is 0 Å². The van der Waals surface area contributed by atoms with Gasteiger partial charge in [0.05, 0.1) is 0 Å². The van der Waals surface area contributed by atoms with Crippen LogP contribution in [-0.2, 0) is 0 Å². The van der Waals surface area contributed by atoms with E-state index >= 15 is 0 Å². The van der Waals surface area contributed by atoms with Crippen molar-refractivity contribution in [3.8, 4) is 22.3 Å². The zero-order valence-corrected chi connectivity index (χ0v) is 18.7. The first-order chi connectivity index (χ1) is 16.8. The molecule has 0 radical (unpaired) electrons. The van der Waals surface area contributed by atoms with Gasteiger partial charge in [-0.2, -0.15) is 0 Å². The number of hydrogen-bond acceptors (Lipinski definition) is 2. The first kappa shape index (κ1) is 20.1. The van der Waals surface area contributed by atoms with E-state index in [1.807, 2.05) is 6.07 Å². The van der Waals surface area contributed by atoms with Gasteiger partial charge in [0.25, 0.3) is 0 Å². The minimum absolute atomic E-state index is 1.08. The minimum atomic E-state index is 1.08. The van der Waals surface area contributed by atoms with Crippen LogP contribution in [0.1, 0.15) is 11.1 Å². The average molecular weight is 437 g/mol. The maximum Gasteiger partial charge on any atom is 0.0464 e. The topological polar surface area (TPSA) is 24.1 Å². The summed E-state index contributed by atoms with van der Waals surface area (Å²) in [5.74, 6) is 0. The van der Waals surface area contributed by atoms with Gasteiger partial charge in [-0.15, -0.1) is 0 Å². The molecule has 2 nitrogen and oxygen atoms in total. The Bertz CT molecular complexity index is 1500. The van der Waals surface area contributed by atoms with E-state index in [1.54, 1.807) is 0 Å². The summed E-state index contributed by atoms with van der Waals surface area (Å²) >= 11 is 0. The smallest absolute Gasteiger partial charge is 0.0464 e. The molecule has 0 amide bonds. The molecule has 0 aromatic heterocycles. The summed E-state index contributed by atoms with van der Waals surface area (Å²) in [7, 11) is 0. The second kappa shape index (κ2) is 8.76. The van der Waals surface area contributed by atoms with Crippen LogP contribution in [0.2, 0.25) is 0 Å². The average Bonchev–Trinajstić information content (AvgIpc) is 3.08.